The van der Waals surface area contributed by atoms with Crippen LogP contribution in [-0.4, -0.2) is 42.5 Å². The molecule has 30 heavy (non-hydrogen) atoms. The van der Waals surface area contributed by atoms with Crippen molar-refractivity contribution in [1.82, 2.24) is 15.6 Å². The number of amides is 1. The fraction of sp³-hybridized carbons (Fsp3) is 0.696. The van der Waals surface area contributed by atoms with Gasteiger partial charge >= 0.3 is 0 Å². The van der Waals surface area contributed by atoms with Gasteiger partial charge in [-0.3, -0.25) is 4.79 Å². The Morgan fingerprint density at radius 2 is 2.03 bits per heavy atom. The molecule has 1 amide bonds. The van der Waals surface area contributed by atoms with Crippen LogP contribution in [0.3, 0.4) is 0 Å². The van der Waals surface area contributed by atoms with Gasteiger partial charge in [-0.2, -0.15) is 0 Å². The number of aliphatic imine (C=N–C) groups is 1. The Labute approximate surface area is 181 Å². The van der Waals surface area contributed by atoms with E-state index in [1.165, 1.54) is 12.8 Å². The first-order valence-electron chi connectivity index (χ1n) is 11.4. The number of anilines is 1. The topological polar surface area (TPSA) is 95.6 Å². The molecule has 1 aromatic rings. The van der Waals surface area contributed by atoms with Crippen LogP contribution in [0.4, 0.5) is 5.82 Å². The SMILES string of the molecule is CCNC(=NCc1cccnc1N1CCC(C(N)=O)CC1)NC(C)CCCC(C)C. The number of carbonyl (C=O) groups excluding carboxylic acids is 1. The molecular weight excluding hydrogens is 376 g/mol. The van der Waals surface area contributed by atoms with Crippen molar-refractivity contribution in [2.24, 2.45) is 22.6 Å². The summed E-state index contributed by atoms with van der Waals surface area (Å²) in [5.74, 6) is 2.34. The predicted octanol–water partition coefficient (Wildman–Crippen LogP) is 3.05. The normalized spacial score (nSPS) is 16.6. The van der Waals surface area contributed by atoms with E-state index in [9.17, 15) is 4.79 Å². The number of hydrogen-bond acceptors (Lipinski definition) is 4. The van der Waals surface area contributed by atoms with Crippen molar-refractivity contribution in [3.05, 3.63) is 23.9 Å². The second-order valence-corrected chi connectivity index (χ2v) is 8.72. The lowest BCUT2D eigenvalue weighted by molar-refractivity contribution is -0.122. The maximum atomic E-state index is 11.4. The van der Waals surface area contributed by atoms with E-state index < -0.39 is 0 Å². The molecule has 1 aliphatic rings. The first kappa shape index (κ1) is 24.0. The zero-order valence-electron chi connectivity index (χ0n) is 19.2. The molecule has 1 fully saturated rings. The van der Waals surface area contributed by atoms with Crippen LogP contribution < -0.4 is 21.3 Å². The molecule has 4 N–H and O–H groups in total. The van der Waals surface area contributed by atoms with E-state index in [1.807, 2.05) is 12.3 Å². The highest BCUT2D eigenvalue weighted by Crippen LogP contribution is 2.24. The van der Waals surface area contributed by atoms with Gasteiger partial charge in [0.05, 0.1) is 6.54 Å². The summed E-state index contributed by atoms with van der Waals surface area (Å²) in [5, 5.41) is 6.89. The summed E-state index contributed by atoms with van der Waals surface area (Å²) in [7, 11) is 0. The number of rotatable bonds is 10. The molecule has 0 spiro atoms. The summed E-state index contributed by atoms with van der Waals surface area (Å²) in [6.07, 6.45) is 7.00. The molecule has 2 rings (SSSR count). The Morgan fingerprint density at radius 3 is 2.67 bits per heavy atom. The zero-order valence-corrected chi connectivity index (χ0v) is 19.2. The van der Waals surface area contributed by atoms with Crippen LogP contribution in [0.5, 0.6) is 0 Å². The summed E-state index contributed by atoms with van der Waals surface area (Å²) in [6.45, 7) is 11.8. The summed E-state index contributed by atoms with van der Waals surface area (Å²) in [6, 6.07) is 4.42. The van der Waals surface area contributed by atoms with Crippen LogP contribution >= 0.6 is 0 Å². The van der Waals surface area contributed by atoms with Gasteiger partial charge in [-0.05, 0) is 45.1 Å². The van der Waals surface area contributed by atoms with E-state index in [0.717, 1.165) is 62.2 Å². The third-order valence-electron chi connectivity index (χ3n) is 5.62. The first-order chi connectivity index (χ1) is 14.4. The van der Waals surface area contributed by atoms with Crippen molar-refractivity contribution in [2.75, 3.05) is 24.5 Å². The van der Waals surface area contributed by atoms with Crippen molar-refractivity contribution in [3.8, 4) is 0 Å². The van der Waals surface area contributed by atoms with Gasteiger partial charge in [0.25, 0.3) is 0 Å². The molecule has 1 atom stereocenters. The van der Waals surface area contributed by atoms with Gasteiger partial charge in [0.1, 0.15) is 5.82 Å². The van der Waals surface area contributed by atoms with Crippen LogP contribution in [0, 0.1) is 11.8 Å². The average Bonchev–Trinajstić information content (AvgIpc) is 2.72. The standard InChI is InChI=1S/C23H40N6O/c1-5-25-23(28-18(4)9-6-8-17(2)3)27-16-20-10-7-13-26-22(20)29-14-11-19(12-15-29)21(24)30/h7,10,13,17-19H,5-6,8-9,11-12,14-16H2,1-4H3,(H2,24,30)(H2,25,27,28). The summed E-state index contributed by atoms with van der Waals surface area (Å²) < 4.78 is 0. The van der Waals surface area contributed by atoms with Gasteiger partial charge in [0, 0.05) is 43.4 Å². The summed E-state index contributed by atoms with van der Waals surface area (Å²) in [4.78, 5) is 23.1. The molecule has 7 heteroatoms. The second-order valence-electron chi connectivity index (χ2n) is 8.72. The van der Waals surface area contributed by atoms with Crippen LogP contribution in [0.15, 0.2) is 23.3 Å². The molecule has 0 saturated carbocycles. The third-order valence-corrected chi connectivity index (χ3v) is 5.62. The smallest absolute Gasteiger partial charge is 0.220 e. The summed E-state index contributed by atoms with van der Waals surface area (Å²) in [5.41, 5.74) is 6.57. The highest BCUT2D eigenvalue weighted by molar-refractivity contribution is 5.80. The average molecular weight is 417 g/mol. The number of nitrogens with zero attached hydrogens (tertiary/aromatic N) is 3. The van der Waals surface area contributed by atoms with E-state index in [4.69, 9.17) is 10.7 Å². The fourth-order valence-corrected chi connectivity index (χ4v) is 3.84. The lowest BCUT2D eigenvalue weighted by Gasteiger charge is -2.32. The Balaban J connectivity index is 1.99. The maximum absolute atomic E-state index is 11.4. The largest absolute Gasteiger partial charge is 0.369 e. The molecular formula is C23H40N6O. The number of nitrogens with one attached hydrogen (secondary N) is 2. The Bertz CT molecular complexity index is 682. The van der Waals surface area contributed by atoms with Crippen molar-refractivity contribution in [1.29, 1.82) is 0 Å². The van der Waals surface area contributed by atoms with E-state index >= 15 is 0 Å². The van der Waals surface area contributed by atoms with Gasteiger partial charge in [-0.1, -0.05) is 32.8 Å². The molecule has 1 unspecified atom stereocenters. The summed E-state index contributed by atoms with van der Waals surface area (Å²) >= 11 is 0. The molecule has 7 nitrogen and oxygen atoms in total. The van der Waals surface area contributed by atoms with Crippen molar-refractivity contribution in [2.45, 2.75) is 72.4 Å². The van der Waals surface area contributed by atoms with Gasteiger partial charge in [-0.25, -0.2) is 9.98 Å². The molecule has 2 heterocycles. The molecule has 0 aliphatic carbocycles. The lowest BCUT2D eigenvalue weighted by atomic mass is 9.96. The molecule has 0 aromatic carbocycles. The number of hydrogen-bond donors (Lipinski definition) is 3. The van der Waals surface area contributed by atoms with E-state index in [2.05, 4.69) is 54.3 Å². The van der Waals surface area contributed by atoms with Gasteiger partial charge < -0.3 is 21.3 Å². The monoisotopic (exact) mass is 416 g/mol. The number of guanidine groups is 1. The third kappa shape index (κ3) is 7.84. The first-order valence-corrected chi connectivity index (χ1v) is 11.4. The zero-order chi connectivity index (χ0) is 21.9. The quantitative estimate of drug-likeness (QED) is 0.402. The number of piperidine rings is 1. The number of primary amides is 1. The second kappa shape index (κ2) is 12.4. The van der Waals surface area contributed by atoms with Crippen LogP contribution in [-0.2, 0) is 11.3 Å². The maximum Gasteiger partial charge on any atom is 0.220 e. The Morgan fingerprint density at radius 1 is 1.30 bits per heavy atom. The van der Waals surface area contributed by atoms with Gasteiger partial charge in [-0.15, -0.1) is 0 Å². The molecule has 1 aliphatic heterocycles. The van der Waals surface area contributed by atoms with Gasteiger partial charge in [0.15, 0.2) is 5.96 Å². The Kier molecular flexibility index (Phi) is 9.91. The van der Waals surface area contributed by atoms with Gasteiger partial charge in [0.2, 0.25) is 5.91 Å². The number of pyridine rings is 1. The minimum absolute atomic E-state index is 0.0202. The number of nitrogens with two attached hydrogens (primary N) is 1. The van der Waals surface area contributed by atoms with Crippen molar-refractivity contribution >= 4 is 17.7 Å². The predicted molar refractivity (Wildman–Crippen MR) is 124 cm³/mol. The van der Waals surface area contributed by atoms with Crippen LogP contribution in [0.2, 0.25) is 0 Å². The molecule has 168 valence electrons. The van der Waals surface area contributed by atoms with E-state index in [0.29, 0.717) is 12.6 Å². The molecule has 0 radical (unpaired) electrons. The lowest BCUT2D eigenvalue weighted by Crippen LogP contribution is -2.42. The van der Waals surface area contributed by atoms with Crippen molar-refractivity contribution < 1.29 is 4.79 Å². The highest BCUT2D eigenvalue weighted by atomic mass is 16.1. The van der Waals surface area contributed by atoms with Crippen LogP contribution in [0.1, 0.15) is 65.4 Å². The van der Waals surface area contributed by atoms with Crippen LogP contribution in [0.25, 0.3) is 0 Å². The minimum atomic E-state index is -0.190. The molecule has 1 saturated heterocycles. The van der Waals surface area contributed by atoms with E-state index in [-0.39, 0.29) is 11.8 Å². The minimum Gasteiger partial charge on any atom is -0.369 e. The highest BCUT2D eigenvalue weighted by Gasteiger charge is 2.24. The number of carbonyl (C=O) groups is 1. The number of aromatic nitrogens is 1. The van der Waals surface area contributed by atoms with E-state index in [1.54, 1.807) is 0 Å². The Hall–Kier alpha value is -2.31. The molecule has 1 aromatic heterocycles. The molecule has 0 bridgehead atoms. The fourth-order valence-electron chi connectivity index (χ4n) is 3.84. The van der Waals surface area contributed by atoms with Crippen molar-refractivity contribution in [3.63, 3.8) is 0 Å².